The van der Waals surface area contributed by atoms with Crippen LogP contribution < -0.4 is 15.4 Å². The van der Waals surface area contributed by atoms with Crippen LogP contribution in [0.25, 0.3) is 0 Å². The van der Waals surface area contributed by atoms with Crippen molar-refractivity contribution >= 4 is 6.03 Å². The number of hydrogen-bond donors (Lipinski definition) is 3. The third kappa shape index (κ3) is 9.41. The van der Waals surface area contributed by atoms with E-state index < -0.39 is 6.10 Å². The van der Waals surface area contributed by atoms with Crippen molar-refractivity contribution in [2.75, 3.05) is 19.7 Å². The van der Waals surface area contributed by atoms with Crippen molar-refractivity contribution in [2.45, 2.75) is 70.7 Å². The zero-order valence-electron chi connectivity index (χ0n) is 23.1. The number of hydrogen-bond acceptors (Lipinski definition) is 4. The van der Waals surface area contributed by atoms with Gasteiger partial charge in [-0.05, 0) is 66.5 Å². The largest absolute Gasteiger partial charge is 0.491 e. The molecule has 0 aliphatic heterocycles. The Morgan fingerprint density at radius 2 is 1.77 bits per heavy atom. The summed E-state index contributed by atoms with van der Waals surface area (Å²) in [5.74, 6) is 0.773. The number of aryl methyl sites for hydroxylation is 1. The van der Waals surface area contributed by atoms with Gasteiger partial charge in [-0.1, -0.05) is 80.1 Å². The maximum absolute atomic E-state index is 12.1. The number of ether oxygens (including phenoxy) is 1. The Labute approximate surface area is 233 Å². The first-order valence-corrected chi connectivity index (χ1v) is 14.4. The Morgan fingerprint density at radius 1 is 1.00 bits per heavy atom. The molecule has 2 amide bonds. The fraction of sp³-hybridized carbons (Fsp3) is 0.424. The number of nitrogens with one attached hydrogen (secondary N) is 2. The molecule has 0 saturated carbocycles. The van der Waals surface area contributed by atoms with Crippen LogP contribution in [0.3, 0.4) is 0 Å². The summed E-state index contributed by atoms with van der Waals surface area (Å²) in [7, 11) is 0. The lowest BCUT2D eigenvalue weighted by Gasteiger charge is -2.33. The average molecular weight is 530 g/mol. The molecule has 1 aliphatic rings. The Morgan fingerprint density at radius 3 is 2.54 bits per heavy atom. The molecule has 3 aromatic carbocycles. The first-order chi connectivity index (χ1) is 19.1. The lowest BCUT2D eigenvalue weighted by Crippen LogP contribution is -2.42. The molecule has 208 valence electrons. The number of carbonyl (C=O) groups excluding carboxylic acids is 1. The van der Waals surface area contributed by atoms with Crippen LogP contribution in [0.5, 0.6) is 5.75 Å². The molecule has 3 aromatic rings. The summed E-state index contributed by atoms with van der Waals surface area (Å²) in [4.78, 5) is 14.6. The molecule has 6 heteroatoms. The topological polar surface area (TPSA) is 73.8 Å². The van der Waals surface area contributed by atoms with Gasteiger partial charge in [-0.2, -0.15) is 0 Å². The van der Waals surface area contributed by atoms with E-state index in [4.69, 9.17) is 4.74 Å². The number of aliphatic hydroxyl groups excluding tert-OH is 1. The summed E-state index contributed by atoms with van der Waals surface area (Å²) >= 11 is 0. The minimum atomic E-state index is -0.599. The van der Waals surface area contributed by atoms with Gasteiger partial charge < -0.3 is 20.5 Å². The van der Waals surface area contributed by atoms with Crippen molar-refractivity contribution in [3.8, 4) is 5.75 Å². The van der Waals surface area contributed by atoms with Crippen LogP contribution in [0.2, 0.25) is 0 Å². The highest BCUT2D eigenvalue weighted by Crippen LogP contribution is 2.26. The third-order valence-corrected chi connectivity index (χ3v) is 7.35. The quantitative estimate of drug-likeness (QED) is 0.203. The molecule has 39 heavy (non-hydrogen) atoms. The van der Waals surface area contributed by atoms with Crippen molar-refractivity contribution in [2.24, 2.45) is 0 Å². The molecule has 0 spiro atoms. The van der Waals surface area contributed by atoms with Gasteiger partial charge in [0.15, 0.2) is 0 Å². The molecule has 1 unspecified atom stereocenters. The molecule has 0 fully saturated rings. The number of amides is 2. The molecule has 2 atom stereocenters. The smallest absolute Gasteiger partial charge is 0.315 e. The van der Waals surface area contributed by atoms with Crippen molar-refractivity contribution in [1.29, 1.82) is 0 Å². The summed E-state index contributed by atoms with van der Waals surface area (Å²) in [6.45, 7) is 4.91. The van der Waals surface area contributed by atoms with Crippen LogP contribution in [0.15, 0.2) is 78.9 Å². The summed E-state index contributed by atoms with van der Waals surface area (Å²) in [6.07, 6.45) is 5.60. The maximum atomic E-state index is 12.1. The number of rotatable bonds is 13. The van der Waals surface area contributed by atoms with Crippen molar-refractivity contribution in [1.82, 2.24) is 15.5 Å². The number of aliphatic hydroxyl groups is 1. The minimum absolute atomic E-state index is 0.114. The number of unbranched alkanes of at least 4 members (excludes halogenated alkanes) is 1. The van der Waals surface area contributed by atoms with Crippen LogP contribution in [-0.4, -0.2) is 47.9 Å². The molecule has 0 radical (unpaired) electrons. The monoisotopic (exact) mass is 529 g/mol. The molecular formula is C33H43N3O3. The van der Waals surface area contributed by atoms with E-state index in [-0.39, 0.29) is 12.6 Å². The van der Waals surface area contributed by atoms with Crippen molar-refractivity contribution in [3.05, 3.63) is 101 Å². The molecule has 0 heterocycles. The van der Waals surface area contributed by atoms with E-state index in [1.165, 1.54) is 16.7 Å². The van der Waals surface area contributed by atoms with E-state index in [1.54, 1.807) is 0 Å². The van der Waals surface area contributed by atoms with Gasteiger partial charge >= 0.3 is 6.03 Å². The van der Waals surface area contributed by atoms with E-state index in [0.29, 0.717) is 25.7 Å². The van der Waals surface area contributed by atoms with Gasteiger partial charge in [-0.15, -0.1) is 0 Å². The molecule has 6 nitrogen and oxygen atoms in total. The fourth-order valence-electron chi connectivity index (χ4n) is 5.24. The molecule has 0 bridgehead atoms. The highest BCUT2D eigenvalue weighted by atomic mass is 16.5. The fourth-order valence-corrected chi connectivity index (χ4v) is 5.24. The minimum Gasteiger partial charge on any atom is -0.491 e. The second-order valence-electron chi connectivity index (χ2n) is 10.5. The van der Waals surface area contributed by atoms with Crippen LogP contribution in [0, 0.1) is 0 Å². The molecule has 3 N–H and O–H groups in total. The Bertz CT molecular complexity index is 1140. The van der Waals surface area contributed by atoms with Crippen molar-refractivity contribution in [3.63, 3.8) is 0 Å². The lowest BCUT2D eigenvalue weighted by molar-refractivity contribution is 0.0463. The predicted molar refractivity (Wildman–Crippen MR) is 157 cm³/mol. The van der Waals surface area contributed by atoms with Crippen LogP contribution in [-0.2, 0) is 25.9 Å². The number of nitrogens with zero attached hydrogens (tertiary/aromatic N) is 1. The normalized spacial score (nSPS) is 15.7. The summed E-state index contributed by atoms with van der Waals surface area (Å²) in [6, 6.07) is 27.0. The third-order valence-electron chi connectivity index (χ3n) is 7.35. The second kappa shape index (κ2) is 15.3. The summed E-state index contributed by atoms with van der Waals surface area (Å²) in [5, 5.41) is 16.9. The van der Waals surface area contributed by atoms with Gasteiger partial charge in [0.05, 0.1) is 0 Å². The van der Waals surface area contributed by atoms with Gasteiger partial charge in [-0.3, -0.25) is 4.90 Å². The molecular weight excluding hydrogens is 486 g/mol. The van der Waals surface area contributed by atoms with Gasteiger partial charge in [-0.25, -0.2) is 4.79 Å². The maximum Gasteiger partial charge on any atom is 0.315 e. The zero-order valence-corrected chi connectivity index (χ0v) is 23.1. The van der Waals surface area contributed by atoms with Gasteiger partial charge in [0, 0.05) is 32.2 Å². The average Bonchev–Trinajstić information content (AvgIpc) is 3.18. The molecule has 0 aromatic heterocycles. The Hall–Kier alpha value is -3.35. The number of carbonyl (C=O) groups is 1. The van der Waals surface area contributed by atoms with Gasteiger partial charge in [0.2, 0.25) is 0 Å². The number of fused-ring (bicyclic) bond motifs is 1. The van der Waals surface area contributed by atoms with E-state index in [1.807, 2.05) is 36.4 Å². The second-order valence-corrected chi connectivity index (χ2v) is 10.5. The van der Waals surface area contributed by atoms with Crippen molar-refractivity contribution < 1.29 is 14.6 Å². The number of para-hydroxylation sites is 1. The van der Waals surface area contributed by atoms with Crippen LogP contribution in [0.4, 0.5) is 4.79 Å². The summed E-state index contributed by atoms with van der Waals surface area (Å²) < 4.78 is 5.86. The predicted octanol–water partition coefficient (Wildman–Crippen LogP) is 5.48. The Balaban J connectivity index is 1.43. The Kier molecular flexibility index (Phi) is 11.2. The SMILES string of the molecule is CCCCNC(=O)NCc1ccc2c(c1)CC(N(Cc1ccccc1)C[C@H](O)COc1ccccc1)CCC2. The van der Waals surface area contributed by atoms with Crippen LogP contribution >= 0.6 is 0 Å². The van der Waals surface area contributed by atoms with Gasteiger partial charge in [0.1, 0.15) is 18.5 Å². The lowest BCUT2D eigenvalue weighted by atomic mass is 9.98. The van der Waals surface area contributed by atoms with E-state index in [0.717, 1.165) is 56.4 Å². The van der Waals surface area contributed by atoms with E-state index in [9.17, 15) is 9.90 Å². The first kappa shape index (κ1) is 28.7. The molecule has 4 rings (SSSR count). The molecule has 0 saturated heterocycles. The highest BCUT2D eigenvalue weighted by Gasteiger charge is 2.25. The zero-order chi connectivity index (χ0) is 27.3. The van der Waals surface area contributed by atoms with E-state index in [2.05, 4.69) is 64.9 Å². The summed E-state index contributed by atoms with van der Waals surface area (Å²) in [5.41, 5.74) is 5.09. The number of urea groups is 1. The first-order valence-electron chi connectivity index (χ1n) is 14.4. The number of benzene rings is 3. The standard InChI is InChI=1S/C33H43N3O3/c1-2-3-19-34-33(38)35-22-27-17-18-28-13-10-14-30(21-29(28)20-27)36(23-26-11-6-4-7-12-26)24-31(37)25-39-32-15-8-5-9-16-32/h4-9,11-12,15-18,20,30-31,37H,2-3,10,13-14,19,21-25H2,1H3,(H2,34,35,38)/t30?,31-/m0/s1. The highest BCUT2D eigenvalue weighted by molar-refractivity contribution is 5.73. The van der Waals surface area contributed by atoms with Crippen LogP contribution in [0.1, 0.15) is 54.9 Å². The van der Waals surface area contributed by atoms with Gasteiger partial charge in [0.25, 0.3) is 0 Å². The van der Waals surface area contributed by atoms with E-state index >= 15 is 0 Å². The molecule has 1 aliphatic carbocycles.